The molecule has 0 bridgehead atoms. The maximum Gasteiger partial charge on any atom is 0.263 e. The minimum atomic E-state index is -1.49. The molecule has 2 aromatic carbocycles. The van der Waals surface area contributed by atoms with Gasteiger partial charge in [0.25, 0.3) is 11.8 Å². The Bertz CT molecular complexity index is 899. The van der Waals surface area contributed by atoms with E-state index in [-0.39, 0.29) is 17.5 Å². The van der Waals surface area contributed by atoms with Crippen LogP contribution in [0.25, 0.3) is 0 Å². The quantitative estimate of drug-likeness (QED) is 0.301. The number of halogens is 4. The molecule has 26 heavy (non-hydrogen) atoms. The normalized spacial score (nSPS) is 14.5. The Morgan fingerprint density at radius 3 is 1.77 bits per heavy atom. The van der Waals surface area contributed by atoms with Gasteiger partial charge < -0.3 is 9.90 Å². The average Bonchev–Trinajstić information content (AvgIpc) is 2.87. The molecule has 0 unspecified atom stereocenters. The number of aliphatic carboxylic acids is 1. The van der Waals surface area contributed by atoms with E-state index < -0.39 is 23.8 Å². The van der Waals surface area contributed by atoms with Gasteiger partial charge in [-0.1, -0.05) is 30.3 Å². The van der Waals surface area contributed by atoms with Gasteiger partial charge in [-0.2, -0.15) is 0 Å². The summed E-state index contributed by atoms with van der Waals surface area (Å²) in [7, 11) is 0. The summed E-state index contributed by atoms with van der Waals surface area (Å²) in [6, 6.07) is 7.35. The molecule has 0 saturated heterocycles. The molecular weight excluding hydrogens is 602 g/mol. The number of fused-ring (bicyclic) bond motifs is 1. The van der Waals surface area contributed by atoms with Gasteiger partial charge >= 0.3 is 0 Å². The molecule has 1 aliphatic rings. The molecule has 0 spiro atoms. The highest BCUT2D eigenvalue weighted by Gasteiger charge is 2.44. The molecule has 0 fully saturated rings. The van der Waals surface area contributed by atoms with Gasteiger partial charge in [-0.15, -0.1) is 0 Å². The van der Waals surface area contributed by atoms with Crippen LogP contribution in [0.4, 0.5) is 0 Å². The number of nitrogens with zero attached hydrogens (tertiary/aromatic N) is 1. The zero-order valence-corrected chi connectivity index (χ0v) is 19.1. The highest BCUT2D eigenvalue weighted by atomic mass is 79.9. The van der Waals surface area contributed by atoms with E-state index in [9.17, 15) is 19.5 Å². The Morgan fingerprint density at radius 2 is 1.35 bits per heavy atom. The van der Waals surface area contributed by atoms with Crippen LogP contribution in [-0.2, 0) is 11.2 Å². The number of carboxylic acids is 1. The Kier molecular flexibility index (Phi) is 5.72. The summed E-state index contributed by atoms with van der Waals surface area (Å²) >= 11 is 13.3. The van der Waals surface area contributed by atoms with Gasteiger partial charge in [0, 0.05) is 17.9 Å². The fourth-order valence-corrected chi connectivity index (χ4v) is 5.22. The maximum atomic E-state index is 12.9. The minimum Gasteiger partial charge on any atom is -0.548 e. The zero-order valence-electron chi connectivity index (χ0n) is 12.8. The summed E-state index contributed by atoms with van der Waals surface area (Å²) in [4.78, 5) is 38.3. The van der Waals surface area contributed by atoms with Crippen molar-refractivity contribution in [3.8, 4) is 0 Å². The molecule has 1 atom stereocenters. The first-order valence-corrected chi connectivity index (χ1v) is 10.4. The van der Waals surface area contributed by atoms with E-state index in [4.69, 9.17) is 0 Å². The second-order valence-corrected chi connectivity index (χ2v) is 8.68. The van der Waals surface area contributed by atoms with E-state index >= 15 is 0 Å². The monoisotopic (exact) mass is 606 g/mol. The second-order valence-electron chi connectivity index (χ2n) is 5.51. The number of hydrogen-bond acceptors (Lipinski definition) is 4. The number of hydrogen-bond donors (Lipinski definition) is 0. The van der Waals surface area contributed by atoms with Crippen molar-refractivity contribution in [2.75, 3.05) is 0 Å². The molecule has 1 aliphatic heterocycles. The fraction of sp³-hybridized carbons (Fsp3) is 0.118. The van der Waals surface area contributed by atoms with E-state index in [1.165, 1.54) is 0 Å². The fourth-order valence-electron chi connectivity index (χ4n) is 2.77. The summed E-state index contributed by atoms with van der Waals surface area (Å²) in [5, 5.41) is 11.7. The molecule has 0 aliphatic carbocycles. The molecule has 1 heterocycles. The molecule has 5 nitrogen and oxygen atoms in total. The molecule has 9 heteroatoms. The molecule has 0 saturated carbocycles. The Balaban J connectivity index is 2.10. The standard InChI is InChI=1S/C17H9Br4NO4/c18-11-9-10(12(19)14(21)13(11)20)16(24)22(15(9)23)8(17(25)26)6-7-4-2-1-3-5-7/h1-5,8H,6H2,(H,25,26)/p-1/t8-/m1/s1. The summed E-state index contributed by atoms with van der Waals surface area (Å²) in [6.45, 7) is 0. The third-order valence-corrected chi connectivity index (χ3v) is 8.76. The lowest BCUT2D eigenvalue weighted by atomic mass is 10.0. The number of imide groups is 1. The van der Waals surface area contributed by atoms with Crippen molar-refractivity contribution in [1.29, 1.82) is 0 Å². The molecular formula is C17H8Br4NO4-. The van der Waals surface area contributed by atoms with Gasteiger partial charge in [-0.05, 0) is 75.7 Å². The lowest BCUT2D eigenvalue weighted by Crippen LogP contribution is -2.51. The first-order chi connectivity index (χ1) is 12.3. The van der Waals surface area contributed by atoms with Gasteiger partial charge in [0.2, 0.25) is 0 Å². The molecule has 2 amide bonds. The molecule has 2 aromatic rings. The van der Waals surface area contributed by atoms with Crippen molar-refractivity contribution in [2.24, 2.45) is 0 Å². The van der Waals surface area contributed by atoms with Crippen LogP contribution in [0.3, 0.4) is 0 Å². The predicted molar refractivity (Wildman–Crippen MR) is 107 cm³/mol. The maximum absolute atomic E-state index is 12.9. The molecule has 134 valence electrons. The van der Waals surface area contributed by atoms with Crippen LogP contribution < -0.4 is 5.11 Å². The third-order valence-electron chi connectivity index (χ3n) is 3.99. The summed E-state index contributed by atoms with van der Waals surface area (Å²) in [5.74, 6) is -2.86. The first kappa shape index (κ1) is 19.7. The Labute approximate surface area is 182 Å². The molecule has 3 rings (SSSR count). The molecule has 0 N–H and O–H groups in total. The van der Waals surface area contributed by atoms with Gasteiger partial charge in [0.15, 0.2) is 0 Å². The summed E-state index contributed by atoms with van der Waals surface area (Å²) in [6.07, 6.45) is -0.0355. The van der Waals surface area contributed by atoms with Gasteiger partial charge in [0.1, 0.15) is 0 Å². The summed E-state index contributed by atoms with van der Waals surface area (Å²) in [5.41, 5.74) is 0.895. The highest BCUT2D eigenvalue weighted by molar-refractivity contribution is 9.15. The van der Waals surface area contributed by atoms with Crippen LogP contribution in [0, 0.1) is 0 Å². The van der Waals surface area contributed by atoms with E-state index in [1.807, 2.05) is 0 Å². The SMILES string of the molecule is O=C([O-])[C@@H](Cc1ccccc1)N1C(=O)c2c(Br)c(Br)c(Br)c(Br)c2C1=O. The number of amides is 2. The summed E-state index contributed by atoms with van der Waals surface area (Å²) < 4.78 is 1.83. The van der Waals surface area contributed by atoms with Crippen molar-refractivity contribution in [2.45, 2.75) is 12.5 Å². The zero-order chi connectivity index (χ0) is 19.2. The van der Waals surface area contributed by atoms with Crippen molar-refractivity contribution in [1.82, 2.24) is 4.90 Å². The van der Waals surface area contributed by atoms with Gasteiger partial charge in [-0.25, -0.2) is 0 Å². The number of carbonyl (C=O) groups excluding carboxylic acids is 3. The average molecular weight is 610 g/mol. The Morgan fingerprint density at radius 1 is 0.885 bits per heavy atom. The number of rotatable bonds is 4. The van der Waals surface area contributed by atoms with Crippen LogP contribution in [-0.4, -0.2) is 28.7 Å². The molecule has 0 radical (unpaired) electrons. The van der Waals surface area contributed by atoms with Crippen molar-refractivity contribution >= 4 is 81.5 Å². The topological polar surface area (TPSA) is 77.5 Å². The number of benzene rings is 2. The van der Waals surface area contributed by atoms with Crippen LogP contribution in [0.1, 0.15) is 26.3 Å². The lowest BCUT2D eigenvalue weighted by Gasteiger charge is -2.27. The number of carboxylic acid groups (broad SMARTS) is 1. The van der Waals surface area contributed by atoms with Crippen molar-refractivity contribution in [3.63, 3.8) is 0 Å². The van der Waals surface area contributed by atoms with E-state index in [0.717, 1.165) is 4.90 Å². The van der Waals surface area contributed by atoms with Crippen molar-refractivity contribution < 1.29 is 19.5 Å². The van der Waals surface area contributed by atoms with E-state index in [2.05, 4.69) is 63.7 Å². The smallest absolute Gasteiger partial charge is 0.263 e. The minimum absolute atomic E-state index is 0.0355. The van der Waals surface area contributed by atoms with E-state index in [1.54, 1.807) is 30.3 Å². The van der Waals surface area contributed by atoms with Gasteiger partial charge in [-0.3, -0.25) is 14.5 Å². The van der Waals surface area contributed by atoms with Crippen LogP contribution in [0.2, 0.25) is 0 Å². The van der Waals surface area contributed by atoms with Gasteiger partial charge in [0.05, 0.1) is 23.1 Å². The van der Waals surface area contributed by atoms with Crippen LogP contribution in [0.5, 0.6) is 0 Å². The lowest BCUT2D eigenvalue weighted by molar-refractivity contribution is -0.310. The first-order valence-electron chi connectivity index (χ1n) is 7.24. The van der Waals surface area contributed by atoms with E-state index in [0.29, 0.717) is 23.5 Å². The number of carbonyl (C=O) groups is 3. The largest absolute Gasteiger partial charge is 0.548 e. The Hall–Kier alpha value is -1.03. The van der Waals surface area contributed by atoms with Crippen molar-refractivity contribution in [3.05, 3.63) is 64.9 Å². The second kappa shape index (κ2) is 7.53. The van der Waals surface area contributed by atoms with Crippen LogP contribution in [0.15, 0.2) is 48.2 Å². The predicted octanol–water partition coefficient (Wildman–Crippen LogP) is 3.69. The van der Waals surface area contributed by atoms with Crippen LogP contribution >= 0.6 is 63.7 Å². The molecule has 0 aromatic heterocycles. The third kappa shape index (κ3) is 3.19. The highest BCUT2D eigenvalue weighted by Crippen LogP contribution is 2.45.